The number of aromatic nitrogens is 1. The molecular weight excluding hydrogens is 446 g/mol. The number of hydrogen-bond acceptors (Lipinski definition) is 8. The number of pyridine rings is 1. The van der Waals surface area contributed by atoms with Crippen LogP contribution in [0.5, 0.6) is 5.75 Å². The number of carbonyl (C=O) groups excluding carboxylic acids is 2. The maximum atomic E-state index is 12.9. The molecule has 1 N–H and O–H groups in total. The Hall–Kier alpha value is -4.31. The highest BCUT2D eigenvalue weighted by atomic mass is 32.1. The second kappa shape index (κ2) is 9.45. The number of anilines is 1. The minimum absolute atomic E-state index is 0.115. The summed E-state index contributed by atoms with van der Waals surface area (Å²) in [6.45, 7) is -0.552. The quantitative estimate of drug-likeness (QED) is 0.240. The first kappa shape index (κ1) is 21.9. The van der Waals surface area contributed by atoms with Crippen LogP contribution in [0.4, 0.5) is 11.4 Å². The van der Waals surface area contributed by atoms with E-state index in [1.54, 1.807) is 24.3 Å². The second-order valence-corrected chi connectivity index (χ2v) is 7.76. The first-order valence-corrected chi connectivity index (χ1v) is 10.6. The van der Waals surface area contributed by atoms with Crippen molar-refractivity contribution in [1.29, 1.82) is 0 Å². The first-order chi connectivity index (χ1) is 16.0. The van der Waals surface area contributed by atoms with E-state index >= 15 is 0 Å². The summed E-state index contributed by atoms with van der Waals surface area (Å²) in [5.41, 5.74) is 1.61. The predicted octanol–water partition coefficient (Wildman–Crippen LogP) is 4.68. The Bertz CT molecular complexity index is 1350. The lowest BCUT2D eigenvalue weighted by molar-refractivity contribution is -0.384. The average molecular weight is 463 g/mol. The number of carbonyl (C=O) groups is 2. The third-order valence-corrected chi connectivity index (χ3v) is 5.61. The van der Waals surface area contributed by atoms with Crippen LogP contribution in [0, 0.1) is 10.1 Å². The second-order valence-electron chi connectivity index (χ2n) is 6.82. The summed E-state index contributed by atoms with van der Waals surface area (Å²) in [6, 6.07) is 16.4. The van der Waals surface area contributed by atoms with E-state index in [0.717, 1.165) is 4.88 Å². The van der Waals surface area contributed by atoms with Crippen LogP contribution < -0.4 is 10.1 Å². The van der Waals surface area contributed by atoms with Gasteiger partial charge in [-0.05, 0) is 29.6 Å². The van der Waals surface area contributed by atoms with Gasteiger partial charge in [-0.15, -0.1) is 11.3 Å². The van der Waals surface area contributed by atoms with Gasteiger partial charge in [-0.3, -0.25) is 14.9 Å². The topological polar surface area (TPSA) is 121 Å². The highest BCUT2D eigenvalue weighted by Gasteiger charge is 2.18. The number of thiophene rings is 1. The lowest BCUT2D eigenvalue weighted by atomic mass is 10.1. The molecule has 0 bridgehead atoms. The van der Waals surface area contributed by atoms with Crippen LogP contribution in [-0.2, 0) is 9.53 Å². The maximum Gasteiger partial charge on any atom is 0.339 e. The number of methoxy groups -OCH3 is 1. The molecule has 0 radical (unpaired) electrons. The van der Waals surface area contributed by atoms with E-state index < -0.39 is 23.4 Å². The van der Waals surface area contributed by atoms with Gasteiger partial charge in [0.05, 0.1) is 45.4 Å². The number of benzene rings is 2. The Morgan fingerprint density at radius 1 is 1.12 bits per heavy atom. The number of para-hydroxylation sites is 1. The number of nitrogens with one attached hydrogen (secondary N) is 1. The fraction of sp³-hybridized carbons (Fsp3) is 0.0870. The lowest BCUT2D eigenvalue weighted by Gasteiger charge is -2.11. The molecular formula is C23H17N3O6S. The number of non-ortho nitro benzene ring substituents is 1. The fourth-order valence-electron chi connectivity index (χ4n) is 3.19. The van der Waals surface area contributed by atoms with E-state index in [4.69, 9.17) is 9.47 Å². The lowest BCUT2D eigenvalue weighted by Crippen LogP contribution is -2.21. The number of amides is 1. The smallest absolute Gasteiger partial charge is 0.339 e. The Morgan fingerprint density at radius 2 is 1.94 bits per heavy atom. The van der Waals surface area contributed by atoms with Gasteiger partial charge in [0.25, 0.3) is 11.6 Å². The zero-order valence-electron chi connectivity index (χ0n) is 17.3. The van der Waals surface area contributed by atoms with Crippen molar-refractivity contribution in [2.75, 3.05) is 19.0 Å². The molecule has 0 spiro atoms. The molecule has 0 atom stereocenters. The molecule has 0 fully saturated rings. The molecule has 0 aliphatic carbocycles. The molecule has 4 aromatic rings. The van der Waals surface area contributed by atoms with Gasteiger partial charge >= 0.3 is 5.97 Å². The Balaban J connectivity index is 1.51. The molecule has 1 amide bonds. The number of rotatable bonds is 7. The summed E-state index contributed by atoms with van der Waals surface area (Å²) in [5, 5.41) is 16.0. The van der Waals surface area contributed by atoms with E-state index in [1.807, 2.05) is 23.6 Å². The van der Waals surface area contributed by atoms with Crippen molar-refractivity contribution < 1.29 is 24.0 Å². The summed E-state index contributed by atoms with van der Waals surface area (Å²) in [6.07, 6.45) is 0. The average Bonchev–Trinajstić information content (AvgIpc) is 3.37. The molecule has 0 aliphatic heterocycles. The van der Waals surface area contributed by atoms with Gasteiger partial charge in [0.2, 0.25) is 0 Å². The molecule has 0 unspecified atom stereocenters. The van der Waals surface area contributed by atoms with Gasteiger partial charge in [-0.1, -0.05) is 24.3 Å². The molecule has 0 aliphatic rings. The van der Waals surface area contributed by atoms with Crippen molar-refractivity contribution in [3.63, 3.8) is 0 Å². The van der Waals surface area contributed by atoms with Crippen LogP contribution in [0.1, 0.15) is 10.4 Å². The minimum atomic E-state index is -0.669. The van der Waals surface area contributed by atoms with E-state index in [-0.39, 0.29) is 17.1 Å². The van der Waals surface area contributed by atoms with E-state index in [1.165, 1.54) is 36.6 Å². The van der Waals surface area contributed by atoms with Crippen molar-refractivity contribution in [2.24, 2.45) is 0 Å². The summed E-state index contributed by atoms with van der Waals surface area (Å²) >= 11 is 1.50. The van der Waals surface area contributed by atoms with E-state index in [9.17, 15) is 19.7 Å². The molecule has 2 heterocycles. The summed E-state index contributed by atoms with van der Waals surface area (Å²) in [5.74, 6) is -1.17. The summed E-state index contributed by atoms with van der Waals surface area (Å²) < 4.78 is 10.3. The minimum Gasteiger partial charge on any atom is -0.494 e. The molecule has 33 heavy (non-hydrogen) atoms. The van der Waals surface area contributed by atoms with E-state index in [0.29, 0.717) is 22.2 Å². The highest BCUT2D eigenvalue weighted by Crippen LogP contribution is 2.30. The third-order valence-electron chi connectivity index (χ3n) is 4.71. The number of hydrogen-bond donors (Lipinski definition) is 1. The maximum absolute atomic E-state index is 12.9. The monoisotopic (exact) mass is 463 g/mol. The Morgan fingerprint density at radius 3 is 2.67 bits per heavy atom. The molecule has 0 saturated carbocycles. The molecule has 9 nitrogen and oxygen atoms in total. The number of esters is 1. The number of nitro benzene ring substituents is 1. The standard InChI is InChI=1S/C23H17N3O6S/c1-31-20-11-14(26(29)30)8-9-18(20)25-22(27)13-32-23(28)16-12-19(21-7-4-10-33-21)24-17-6-3-2-5-15(16)17/h2-12H,13H2,1H3,(H,25,27). The Kier molecular flexibility index (Phi) is 6.27. The Labute approximate surface area is 191 Å². The van der Waals surface area contributed by atoms with Crippen LogP contribution in [0.25, 0.3) is 21.5 Å². The van der Waals surface area contributed by atoms with Crippen LogP contribution >= 0.6 is 11.3 Å². The van der Waals surface area contributed by atoms with Crippen LogP contribution in [0.3, 0.4) is 0 Å². The van der Waals surface area contributed by atoms with Crippen molar-refractivity contribution in [3.05, 3.63) is 81.7 Å². The van der Waals surface area contributed by atoms with Crippen molar-refractivity contribution >= 4 is 45.5 Å². The SMILES string of the molecule is COc1cc([N+](=O)[O-])ccc1NC(=O)COC(=O)c1cc(-c2cccs2)nc2ccccc12. The predicted molar refractivity (Wildman–Crippen MR) is 124 cm³/mol. The molecule has 10 heteroatoms. The third kappa shape index (κ3) is 4.80. The van der Waals surface area contributed by atoms with Crippen LogP contribution in [0.15, 0.2) is 66.0 Å². The largest absolute Gasteiger partial charge is 0.494 e. The number of ether oxygens (including phenoxy) is 2. The number of nitro groups is 1. The van der Waals surface area contributed by atoms with Crippen LogP contribution in [-0.4, -0.2) is 35.5 Å². The molecule has 166 valence electrons. The van der Waals surface area contributed by atoms with Gasteiger partial charge in [0, 0.05) is 11.5 Å². The zero-order valence-corrected chi connectivity index (χ0v) is 18.1. The summed E-state index contributed by atoms with van der Waals surface area (Å²) in [7, 11) is 1.33. The normalized spacial score (nSPS) is 10.6. The molecule has 0 saturated heterocycles. The van der Waals surface area contributed by atoms with Gasteiger partial charge in [-0.25, -0.2) is 9.78 Å². The molecule has 4 rings (SSSR count). The van der Waals surface area contributed by atoms with Crippen molar-refractivity contribution in [3.8, 4) is 16.3 Å². The highest BCUT2D eigenvalue weighted by molar-refractivity contribution is 7.13. The van der Waals surface area contributed by atoms with Gasteiger partial charge in [-0.2, -0.15) is 0 Å². The van der Waals surface area contributed by atoms with Gasteiger partial charge in [0.15, 0.2) is 6.61 Å². The molecule has 2 aromatic carbocycles. The number of fused-ring (bicyclic) bond motifs is 1. The van der Waals surface area contributed by atoms with Gasteiger partial charge in [0.1, 0.15) is 5.75 Å². The summed E-state index contributed by atoms with van der Waals surface area (Å²) in [4.78, 5) is 41.1. The first-order valence-electron chi connectivity index (χ1n) is 9.69. The van der Waals surface area contributed by atoms with Crippen molar-refractivity contribution in [1.82, 2.24) is 4.98 Å². The van der Waals surface area contributed by atoms with Crippen LogP contribution in [0.2, 0.25) is 0 Å². The number of nitrogens with zero attached hydrogens (tertiary/aromatic N) is 2. The molecule has 2 aromatic heterocycles. The van der Waals surface area contributed by atoms with E-state index in [2.05, 4.69) is 10.3 Å². The van der Waals surface area contributed by atoms with Crippen molar-refractivity contribution in [2.45, 2.75) is 0 Å². The van der Waals surface area contributed by atoms with Gasteiger partial charge < -0.3 is 14.8 Å². The fourth-order valence-corrected chi connectivity index (χ4v) is 3.87. The zero-order chi connectivity index (χ0) is 23.4.